The van der Waals surface area contributed by atoms with E-state index in [1.54, 1.807) is 48.5 Å². The van der Waals surface area contributed by atoms with Crippen LogP contribution < -0.4 is 15.0 Å². The zero-order valence-corrected chi connectivity index (χ0v) is 18.8. The molecular formula is C25H19BrN2O4. The largest absolute Gasteiger partial charge is 0.489 e. The van der Waals surface area contributed by atoms with Gasteiger partial charge in [-0.25, -0.2) is 9.69 Å². The minimum Gasteiger partial charge on any atom is -0.489 e. The summed E-state index contributed by atoms with van der Waals surface area (Å²) in [6.07, 6.45) is 1.46. The molecular weight excluding hydrogens is 472 g/mol. The van der Waals surface area contributed by atoms with Gasteiger partial charge in [-0.05, 0) is 60.5 Å². The Kier molecular flexibility index (Phi) is 6.18. The van der Waals surface area contributed by atoms with Gasteiger partial charge in [0.1, 0.15) is 17.9 Å². The van der Waals surface area contributed by atoms with Gasteiger partial charge in [0.2, 0.25) is 0 Å². The van der Waals surface area contributed by atoms with E-state index in [1.165, 1.54) is 6.08 Å². The number of benzene rings is 3. The van der Waals surface area contributed by atoms with Gasteiger partial charge in [-0.2, -0.15) is 0 Å². The van der Waals surface area contributed by atoms with Gasteiger partial charge in [0.25, 0.3) is 11.8 Å². The number of barbiturate groups is 1. The number of carbonyl (C=O) groups excluding carboxylic acids is 3. The summed E-state index contributed by atoms with van der Waals surface area (Å²) in [6.45, 7) is 2.32. The zero-order chi connectivity index (χ0) is 22.7. The first-order valence-electron chi connectivity index (χ1n) is 9.86. The van der Waals surface area contributed by atoms with Crippen LogP contribution in [0.5, 0.6) is 5.75 Å². The molecule has 4 rings (SSSR count). The van der Waals surface area contributed by atoms with Crippen LogP contribution in [0.3, 0.4) is 0 Å². The van der Waals surface area contributed by atoms with Crippen LogP contribution in [0.1, 0.15) is 16.7 Å². The molecule has 0 aromatic heterocycles. The molecule has 3 aromatic rings. The van der Waals surface area contributed by atoms with Crippen LogP contribution in [-0.2, 0) is 16.2 Å². The van der Waals surface area contributed by atoms with Crippen LogP contribution in [-0.4, -0.2) is 17.8 Å². The lowest BCUT2D eigenvalue weighted by molar-refractivity contribution is -0.122. The maximum absolute atomic E-state index is 12.9. The minimum absolute atomic E-state index is 0.117. The average Bonchev–Trinajstić information content (AvgIpc) is 2.78. The van der Waals surface area contributed by atoms with Gasteiger partial charge >= 0.3 is 6.03 Å². The molecule has 0 radical (unpaired) electrons. The van der Waals surface area contributed by atoms with Crippen molar-refractivity contribution in [3.05, 3.63) is 99.5 Å². The number of rotatable bonds is 5. The van der Waals surface area contributed by atoms with E-state index in [2.05, 4.69) is 21.2 Å². The molecule has 0 spiro atoms. The lowest BCUT2D eigenvalue weighted by Crippen LogP contribution is -2.54. The Morgan fingerprint density at radius 2 is 1.56 bits per heavy atom. The molecule has 1 aliphatic heterocycles. The Hall–Kier alpha value is -3.71. The van der Waals surface area contributed by atoms with E-state index in [0.29, 0.717) is 23.6 Å². The number of amides is 4. The van der Waals surface area contributed by atoms with Crippen LogP contribution in [0.4, 0.5) is 10.5 Å². The highest BCUT2D eigenvalue weighted by Crippen LogP contribution is 2.23. The molecule has 3 aromatic carbocycles. The predicted octanol–water partition coefficient (Wildman–Crippen LogP) is 5.00. The van der Waals surface area contributed by atoms with Crippen molar-refractivity contribution in [1.82, 2.24) is 5.32 Å². The zero-order valence-electron chi connectivity index (χ0n) is 17.2. The number of imide groups is 2. The van der Waals surface area contributed by atoms with E-state index in [9.17, 15) is 14.4 Å². The first-order valence-corrected chi connectivity index (χ1v) is 10.7. The average molecular weight is 491 g/mol. The van der Waals surface area contributed by atoms with E-state index < -0.39 is 17.8 Å². The summed E-state index contributed by atoms with van der Waals surface area (Å²) in [5.74, 6) is -0.733. The third-order valence-corrected chi connectivity index (χ3v) is 5.43. The van der Waals surface area contributed by atoms with Crippen LogP contribution in [0.2, 0.25) is 0 Å². The fourth-order valence-corrected chi connectivity index (χ4v) is 3.42. The van der Waals surface area contributed by atoms with Crippen molar-refractivity contribution in [3.63, 3.8) is 0 Å². The minimum atomic E-state index is -0.766. The second-order valence-electron chi connectivity index (χ2n) is 7.28. The molecule has 160 valence electrons. The Bertz CT molecular complexity index is 1200. The lowest BCUT2D eigenvalue weighted by atomic mass is 10.1. The maximum Gasteiger partial charge on any atom is 0.335 e. The van der Waals surface area contributed by atoms with Crippen molar-refractivity contribution in [3.8, 4) is 5.75 Å². The summed E-state index contributed by atoms with van der Waals surface area (Å²) in [7, 11) is 0. The van der Waals surface area contributed by atoms with Gasteiger partial charge in [0, 0.05) is 4.47 Å². The van der Waals surface area contributed by atoms with Gasteiger partial charge < -0.3 is 4.74 Å². The number of carbonyl (C=O) groups is 3. The number of ether oxygens (including phenoxy) is 1. The van der Waals surface area contributed by atoms with Crippen LogP contribution >= 0.6 is 15.9 Å². The number of halogens is 1. The van der Waals surface area contributed by atoms with Crippen molar-refractivity contribution in [2.45, 2.75) is 13.5 Å². The molecule has 1 aliphatic rings. The second-order valence-corrected chi connectivity index (χ2v) is 8.19. The second kappa shape index (κ2) is 9.20. The Morgan fingerprint density at radius 1 is 0.906 bits per heavy atom. The Labute approximate surface area is 193 Å². The summed E-state index contributed by atoms with van der Waals surface area (Å²) in [6, 6.07) is 21.0. The van der Waals surface area contributed by atoms with Crippen molar-refractivity contribution in [2.75, 3.05) is 4.90 Å². The molecule has 0 atom stereocenters. The molecule has 7 heteroatoms. The van der Waals surface area contributed by atoms with Crippen molar-refractivity contribution >= 4 is 45.5 Å². The van der Waals surface area contributed by atoms with E-state index >= 15 is 0 Å². The SMILES string of the molecule is Cc1ccc(N2C(=O)NC(=O)/C(=C\c3ccc(OCc4ccc(Br)cc4)cc3)C2=O)cc1. The lowest BCUT2D eigenvalue weighted by Gasteiger charge is -2.26. The highest BCUT2D eigenvalue weighted by molar-refractivity contribution is 9.10. The van der Waals surface area contributed by atoms with Gasteiger partial charge in [0.15, 0.2) is 0 Å². The molecule has 0 bridgehead atoms. The van der Waals surface area contributed by atoms with Gasteiger partial charge in [-0.15, -0.1) is 0 Å². The summed E-state index contributed by atoms with van der Waals surface area (Å²) in [5.41, 5.74) is 2.94. The Morgan fingerprint density at radius 3 is 2.22 bits per heavy atom. The van der Waals surface area contributed by atoms with Crippen molar-refractivity contribution in [2.24, 2.45) is 0 Å². The first-order chi connectivity index (χ1) is 15.4. The van der Waals surface area contributed by atoms with Crippen LogP contribution in [0.15, 0.2) is 82.8 Å². The van der Waals surface area contributed by atoms with Gasteiger partial charge in [-0.3, -0.25) is 14.9 Å². The maximum atomic E-state index is 12.9. The molecule has 1 N–H and O–H groups in total. The number of anilines is 1. The third kappa shape index (κ3) is 4.78. The van der Waals surface area contributed by atoms with Crippen molar-refractivity contribution in [1.29, 1.82) is 0 Å². The van der Waals surface area contributed by atoms with Crippen LogP contribution in [0, 0.1) is 6.92 Å². The standard InChI is InChI=1S/C25H19BrN2O4/c1-16-2-10-20(11-3-16)28-24(30)22(23(29)27-25(28)31)14-17-6-12-21(13-7-17)32-15-18-4-8-19(26)9-5-18/h2-14H,15H2,1H3,(H,27,29,31)/b22-14+. The summed E-state index contributed by atoms with van der Waals surface area (Å²) < 4.78 is 6.79. The molecule has 1 saturated heterocycles. The summed E-state index contributed by atoms with van der Waals surface area (Å²) in [4.78, 5) is 38.5. The number of hydrogen-bond acceptors (Lipinski definition) is 4. The number of aryl methyl sites for hydroxylation is 1. The molecule has 0 unspecified atom stereocenters. The highest BCUT2D eigenvalue weighted by Gasteiger charge is 2.36. The quantitative estimate of drug-likeness (QED) is 0.403. The molecule has 1 fully saturated rings. The number of nitrogens with zero attached hydrogens (tertiary/aromatic N) is 1. The van der Waals surface area contributed by atoms with Gasteiger partial charge in [-0.1, -0.05) is 57.9 Å². The van der Waals surface area contributed by atoms with Gasteiger partial charge in [0.05, 0.1) is 5.69 Å². The van der Waals surface area contributed by atoms with Crippen molar-refractivity contribution < 1.29 is 19.1 Å². The smallest absolute Gasteiger partial charge is 0.335 e. The number of hydrogen-bond donors (Lipinski definition) is 1. The number of urea groups is 1. The molecule has 4 amide bonds. The predicted molar refractivity (Wildman–Crippen MR) is 125 cm³/mol. The monoisotopic (exact) mass is 490 g/mol. The fraction of sp³-hybridized carbons (Fsp3) is 0.0800. The summed E-state index contributed by atoms with van der Waals surface area (Å²) in [5, 5.41) is 2.23. The molecule has 6 nitrogen and oxygen atoms in total. The van der Waals surface area contributed by atoms with E-state index in [1.807, 2.05) is 31.2 Å². The molecule has 1 heterocycles. The first kappa shape index (κ1) is 21.5. The number of nitrogens with one attached hydrogen (secondary N) is 1. The summed E-state index contributed by atoms with van der Waals surface area (Å²) >= 11 is 3.40. The van der Waals surface area contributed by atoms with Crippen LogP contribution in [0.25, 0.3) is 6.08 Å². The Balaban J connectivity index is 1.50. The van der Waals surface area contributed by atoms with E-state index in [0.717, 1.165) is 20.5 Å². The third-order valence-electron chi connectivity index (χ3n) is 4.90. The topological polar surface area (TPSA) is 75.7 Å². The molecule has 32 heavy (non-hydrogen) atoms. The van der Waals surface area contributed by atoms with E-state index in [-0.39, 0.29) is 5.57 Å². The fourth-order valence-electron chi connectivity index (χ4n) is 3.16. The molecule has 0 aliphatic carbocycles. The normalized spacial score (nSPS) is 15.1. The van der Waals surface area contributed by atoms with E-state index in [4.69, 9.17) is 4.74 Å². The molecule has 0 saturated carbocycles. The highest BCUT2D eigenvalue weighted by atomic mass is 79.9.